The van der Waals surface area contributed by atoms with Crippen LogP contribution in [0.15, 0.2) is 60.7 Å². The van der Waals surface area contributed by atoms with E-state index in [9.17, 15) is 8.78 Å². The van der Waals surface area contributed by atoms with Crippen LogP contribution in [0.1, 0.15) is 45.1 Å². The second-order valence-corrected chi connectivity index (χ2v) is 13.3. The standard InChI is InChI=1S/C29H32ClF2Si/c1-3-16-33-17-14-29(2,15-18-33)13-12-21-4-10-26(27(31)19-21)23-7-11-25(28(32)20-23)22-5-8-24(30)9-6-22/h4-11,19-20H,3,12-18H2,1-2H3. The van der Waals surface area contributed by atoms with Gasteiger partial charge in [-0.15, -0.1) is 0 Å². The minimum Gasteiger partial charge on any atom is -0.206 e. The van der Waals surface area contributed by atoms with Crippen molar-refractivity contribution < 1.29 is 8.78 Å². The van der Waals surface area contributed by atoms with Crippen LogP contribution in [0.2, 0.25) is 23.2 Å². The predicted molar refractivity (Wildman–Crippen MR) is 138 cm³/mol. The van der Waals surface area contributed by atoms with Crippen molar-refractivity contribution in [1.82, 2.24) is 0 Å². The molecule has 173 valence electrons. The van der Waals surface area contributed by atoms with E-state index in [2.05, 4.69) is 13.8 Å². The van der Waals surface area contributed by atoms with Gasteiger partial charge in [0.15, 0.2) is 0 Å². The van der Waals surface area contributed by atoms with Crippen LogP contribution in [0.5, 0.6) is 0 Å². The molecule has 0 spiro atoms. The molecule has 0 unspecified atom stereocenters. The Hall–Kier alpha value is -1.97. The molecule has 3 aromatic carbocycles. The van der Waals surface area contributed by atoms with Gasteiger partial charge in [0.2, 0.25) is 0 Å². The molecule has 4 rings (SSSR count). The predicted octanol–water partition coefficient (Wildman–Crippen LogP) is 9.59. The lowest BCUT2D eigenvalue weighted by atomic mass is 9.79. The van der Waals surface area contributed by atoms with Gasteiger partial charge in [0.1, 0.15) is 11.6 Å². The summed E-state index contributed by atoms with van der Waals surface area (Å²) in [5.74, 6) is -0.652. The fourth-order valence-corrected chi connectivity index (χ4v) is 8.50. The van der Waals surface area contributed by atoms with Gasteiger partial charge in [0.05, 0.1) is 0 Å². The Labute approximate surface area is 203 Å². The molecule has 1 fully saturated rings. The van der Waals surface area contributed by atoms with E-state index < -0.39 is 0 Å². The van der Waals surface area contributed by atoms with Crippen LogP contribution < -0.4 is 0 Å². The van der Waals surface area contributed by atoms with Gasteiger partial charge in [-0.25, -0.2) is 8.78 Å². The van der Waals surface area contributed by atoms with Gasteiger partial charge < -0.3 is 0 Å². The molecular formula is C29H32ClF2Si. The van der Waals surface area contributed by atoms with E-state index in [1.54, 1.807) is 48.5 Å². The maximum atomic E-state index is 15.0. The molecule has 0 saturated carbocycles. The monoisotopic (exact) mass is 481 g/mol. The zero-order chi connectivity index (χ0) is 23.4. The largest absolute Gasteiger partial charge is 0.206 e. The highest BCUT2D eigenvalue weighted by Crippen LogP contribution is 2.41. The minimum absolute atomic E-state index is 0.116. The van der Waals surface area contributed by atoms with Crippen molar-refractivity contribution in [3.05, 3.63) is 82.9 Å². The van der Waals surface area contributed by atoms with Gasteiger partial charge in [-0.3, -0.25) is 0 Å². The van der Waals surface area contributed by atoms with Crippen molar-refractivity contribution in [3.63, 3.8) is 0 Å². The lowest BCUT2D eigenvalue weighted by Crippen LogP contribution is -2.29. The molecule has 0 aromatic heterocycles. The Morgan fingerprint density at radius 1 is 0.848 bits per heavy atom. The van der Waals surface area contributed by atoms with Gasteiger partial charge >= 0.3 is 0 Å². The molecule has 0 atom stereocenters. The highest BCUT2D eigenvalue weighted by molar-refractivity contribution is 6.59. The lowest BCUT2D eigenvalue weighted by molar-refractivity contribution is 0.261. The summed E-state index contributed by atoms with van der Waals surface area (Å²) in [4.78, 5) is 0. The maximum Gasteiger partial charge on any atom is 0.131 e. The molecule has 3 aromatic rings. The van der Waals surface area contributed by atoms with Crippen LogP contribution in [-0.4, -0.2) is 8.80 Å². The average molecular weight is 482 g/mol. The molecule has 0 aliphatic carbocycles. The second-order valence-electron chi connectivity index (χ2n) is 9.83. The van der Waals surface area contributed by atoms with Gasteiger partial charge in [0, 0.05) is 24.9 Å². The van der Waals surface area contributed by atoms with Crippen molar-refractivity contribution in [1.29, 1.82) is 0 Å². The minimum atomic E-state index is -0.368. The summed E-state index contributed by atoms with van der Waals surface area (Å²) in [7, 11) is -0.116. The third kappa shape index (κ3) is 5.94. The smallest absolute Gasteiger partial charge is 0.131 e. The average Bonchev–Trinajstić information content (AvgIpc) is 2.80. The van der Waals surface area contributed by atoms with Crippen LogP contribution in [-0.2, 0) is 6.42 Å². The summed E-state index contributed by atoms with van der Waals surface area (Å²) in [6.07, 6.45) is 5.97. The maximum absolute atomic E-state index is 15.0. The summed E-state index contributed by atoms with van der Waals surface area (Å²) in [6.45, 7) is 4.71. The van der Waals surface area contributed by atoms with E-state index in [0.29, 0.717) is 27.1 Å². The number of hydrogen-bond donors (Lipinski definition) is 0. The van der Waals surface area contributed by atoms with Crippen molar-refractivity contribution in [3.8, 4) is 22.3 Å². The van der Waals surface area contributed by atoms with Crippen molar-refractivity contribution in [2.75, 3.05) is 0 Å². The molecule has 1 radical (unpaired) electrons. The molecule has 1 aliphatic rings. The summed E-state index contributed by atoms with van der Waals surface area (Å²) in [5, 5.41) is 0.609. The first kappa shape index (κ1) is 24.2. The summed E-state index contributed by atoms with van der Waals surface area (Å²) < 4.78 is 29.8. The highest BCUT2D eigenvalue weighted by atomic mass is 35.5. The molecule has 0 bridgehead atoms. The topological polar surface area (TPSA) is 0 Å². The Kier molecular flexibility index (Phi) is 7.71. The molecule has 4 heteroatoms. The molecule has 1 heterocycles. The van der Waals surface area contributed by atoms with E-state index in [1.807, 2.05) is 6.07 Å². The van der Waals surface area contributed by atoms with Gasteiger partial charge in [-0.05, 0) is 59.2 Å². The first-order valence-electron chi connectivity index (χ1n) is 12.0. The Morgan fingerprint density at radius 2 is 1.45 bits per heavy atom. The summed E-state index contributed by atoms with van der Waals surface area (Å²) in [6, 6.07) is 21.7. The van der Waals surface area contributed by atoms with Crippen LogP contribution in [0.25, 0.3) is 22.3 Å². The third-order valence-electron chi connectivity index (χ3n) is 7.25. The molecule has 33 heavy (non-hydrogen) atoms. The van der Waals surface area contributed by atoms with E-state index in [1.165, 1.54) is 43.5 Å². The van der Waals surface area contributed by atoms with E-state index in [-0.39, 0.29) is 20.4 Å². The molecule has 0 N–H and O–H groups in total. The Morgan fingerprint density at radius 3 is 2.09 bits per heavy atom. The number of aryl methyl sites for hydroxylation is 1. The number of rotatable bonds is 7. The number of halogens is 3. The van der Waals surface area contributed by atoms with Gasteiger partial charge in [-0.1, -0.05) is 99.2 Å². The fourth-order valence-electron chi connectivity index (χ4n) is 5.00. The SMILES string of the molecule is CCC[Si]1CCC(C)(CCc2ccc(-c3ccc(-c4ccc(Cl)cc4)c(F)c3)c(F)c2)CC1. The van der Waals surface area contributed by atoms with Crippen molar-refractivity contribution in [2.24, 2.45) is 5.41 Å². The van der Waals surface area contributed by atoms with Crippen molar-refractivity contribution in [2.45, 2.75) is 64.1 Å². The van der Waals surface area contributed by atoms with Crippen LogP contribution in [0.3, 0.4) is 0 Å². The number of benzene rings is 3. The molecule has 0 nitrogen and oxygen atoms in total. The Balaban J connectivity index is 1.43. The molecule has 0 amide bonds. The first-order chi connectivity index (χ1) is 15.9. The first-order valence-corrected chi connectivity index (χ1v) is 14.5. The Bertz CT molecular complexity index is 1090. The normalized spacial score (nSPS) is 16.2. The van der Waals surface area contributed by atoms with Crippen molar-refractivity contribution >= 4 is 20.4 Å². The van der Waals surface area contributed by atoms with Crippen LogP contribution >= 0.6 is 11.6 Å². The molecule has 1 saturated heterocycles. The van der Waals surface area contributed by atoms with Crippen LogP contribution in [0, 0.1) is 17.0 Å². The highest BCUT2D eigenvalue weighted by Gasteiger charge is 2.31. The second kappa shape index (κ2) is 10.5. The fraction of sp³-hybridized carbons (Fsp3) is 0.379. The zero-order valence-electron chi connectivity index (χ0n) is 19.6. The number of hydrogen-bond acceptors (Lipinski definition) is 0. The van der Waals surface area contributed by atoms with E-state index in [4.69, 9.17) is 11.6 Å². The van der Waals surface area contributed by atoms with E-state index >= 15 is 0 Å². The van der Waals surface area contributed by atoms with E-state index in [0.717, 1.165) is 24.0 Å². The summed E-state index contributed by atoms with van der Waals surface area (Å²) in [5.41, 5.74) is 3.64. The van der Waals surface area contributed by atoms with Crippen LogP contribution in [0.4, 0.5) is 8.78 Å². The zero-order valence-corrected chi connectivity index (χ0v) is 21.3. The quantitative estimate of drug-likeness (QED) is 0.294. The third-order valence-corrected chi connectivity index (χ3v) is 10.6. The van der Waals surface area contributed by atoms with Gasteiger partial charge in [0.25, 0.3) is 0 Å². The summed E-state index contributed by atoms with van der Waals surface area (Å²) >= 11 is 5.93. The molecule has 1 aliphatic heterocycles. The van der Waals surface area contributed by atoms with Gasteiger partial charge in [-0.2, -0.15) is 0 Å². The molecular weight excluding hydrogens is 450 g/mol. The lowest BCUT2D eigenvalue weighted by Gasteiger charge is -2.37.